The molecule has 0 bridgehead atoms. The van der Waals surface area contributed by atoms with Crippen molar-refractivity contribution in [1.82, 2.24) is 14.9 Å². The number of hydrogen-bond acceptors (Lipinski definition) is 4. The molecule has 0 saturated carbocycles. The Labute approximate surface area is 111 Å². The lowest BCUT2D eigenvalue weighted by atomic mass is 10.0. The maximum Gasteiger partial charge on any atom is 0.274 e. The zero-order chi connectivity index (χ0) is 14.0. The Morgan fingerprint density at radius 1 is 1.32 bits per heavy atom. The fourth-order valence-electron chi connectivity index (χ4n) is 1.61. The molecule has 19 heavy (non-hydrogen) atoms. The van der Waals surface area contributed by atoms with Crippen molar-refractivity contribution in [3.8, 4) is 0 Å². The largest absolute Gasteiger partial charge is 0.394 e. The normalized spacial score (nSPS) is 11.6. The van der Waals surface area contributed by atoms with Crippen LogP contribution in [0.25, 0.3) is 11.0 Å². The molecule has 2 rings (SSSR count). The van der Waals surface area contributed by atoms with Crippen molar-refractivity contribution in [3.63, 3.8) is 0 Å². The van der Waals surface area contributed by atoms with E-state index in [1.807, 2.05) is 24.3 Å². The lowest BCUT2D eigenvalue weighted by molar-refractivity contribution is 0.0467. The van der Waals surface area contributed by atoms with E-state index < -0.39 is 5.54 Å². The fraction of sp³-hybridized carbons (Fsp3) is 0.357. The molecule has 0 unspecified atom stereocenters. The molecule has 0 atom stereocenters. The van der Waals surface area contributed by atoms with Crippen molar-refractivity contribution in [1.29, 1.82) is 0 Å². The van der Waals surface area contributed by atoms with Crippen LogP contribution in [0.1, 0.15) is 24.3 Å². The Morgan fingerprint density at radius 2 is 1.95 bits per heavy atom. The summed E-state index contributed by atoms with van der Waals surface area (Å²) in [5.41, 5.74) is 1.08. The van der Waals surface area contributed by atoms with Crippen molar-refractivity contribution >= 4 is 16.9 Å². The number of nitrogens with zero attached hydrogens (tertiary/aromatic N) is 3. The Bertz CT molecular complexity index is 610. The number of rotatable bonds is 3. The molecule has 0 saturated heterocycles. The number of amides is 1. The number of carbonyl (C=O) groups is 1. The molecular formula is C14H17N3O2. The highest BCUT2D eigenvalue weighted by atomic mass is 16.3. The number of carbonyl (C=O) groups excluding carboxylic acids is 1. The summed E-state index contributed by atoms with van der Waals surface area (Å²) in [6.45, 7) is 3.47. The van der Waals surface area contributed by atoms with E-state index in [-0.39, 0.29) is 18.2 Å². The standard InChI is InChI=1S/C14H17N3O2/c1-14(2,9-18)17(3)13(19)12-8-15-10-6-4-5-7-11(10)16-12/h4-8,18H,9H2,1-3H3. The Hall–Kier alpha value is -2.01. The van der Waals surface area contributed by atoms with Gasteiger partial charge in [-0.25, -0.2) is 4.98 Å². The van der Waals surface area contributed by atoms with Gasteiger partial charge in [-0.2, -0.15) is 0 Å². The summed E-state index contributed by atoms with van der Waals surface area (Å²) in [7, 11) is 1.65. The van der Waals surface area contributed by atoms with Gasteiger partial charge in [-0.05, 0) is 26.0 Å². The van der Waals surface area contributed by atoms with Crippen molar-refractivity contribution in [2.24, 2.45) is 0 Å². The predicted molar refractivity (Wildman–Crippen MR) is 72.8 cm³/mol. The maximum absolute atomic E-state index is 12.3. The van der Waals surface area contributed by atoms with Crippen LogP contribution >= 0.6 is 0 Å². The predicted octanol–water partition coefficient (Wildman–Crippen LogP) is 1.47. The van der Waals surface area contributed by atoms with Crippen LogP contribution in [-0.2, 0) is 0 Å². The molecule has 1 aromatic heterocycles. The third kappa shape index (κ3) is 2.56. The molecule has 0 aliphatic carbocycles. The van der Waals surface area contributed by atoms with Gasteiger partial charge in [0, 0.05) is 7.05 Å². The number of benzene rings is 1. The van der Waals surface area contributed by atoms with E-state index in [0.717, 1.165) is 5.52 Å². The number of aliphatic hydroxyl groups excluding tert-OH is 1. The number of aliphatic hydroxyl groups is 1. The second kappa shape index (κ2) is 4.93. The van der Waals surface area contributed by atoms with Crippen molar-refractivity contribution < 1.29 is 9.90 Å². The van der Waals surface area contributed by atoms with E-state index in [0.29, 0.717) is 5.52 Å². The molecular weight excluding hydrogens is 242 g/mol. The zero-order valence-corrected chi connectivity index (χ0v) is 11.3. The molecule has 1 N–H and O–H groups in total. The van der Waals surface area contributed by atoms with Crippen LogP contribution < -0.4 is 0 Å². The van der Waals surface area contributed by atoms with Gasteiger partial charge in [-0.1, -0.05) is 12.1 Å². The summed E-state index contributed by atoms with van der Waals surface area (Å²) in [5, 5.41) is 9.30. The summed E-state index contributed by atoms with van der Waals surface area (Å²) >= 11 is 0. The lowest BCUT2D eigenvalue weighted by Crippen LogP contribution is -2.47. The van der Waals surface area contributed by atoms with Crippen LogP contribution in [0.5, 0.6) is 0 Å². The Balaban J connectivity index is 2.36. The van der Waals surface area contributed by atoms with E-state index in [1.54, 1.807) is 20.9 Å². The van der Waals surface area contributed by atoms with Gasteiger partial charge in [0.05, 0.1) is 29.4 Å². The van der Waals surface area contributed by atoms with Crippen LogP contribution in [-0.4, -0.2) is 45.1 Å². The topological polar surface area (TPSA) is 66.3 Å². The first-order valence-electron chi connectivity index (χ1n) is 6.06. The number of fused-ring (bicyclic) bond motifs is 1. The highest BCUT2D eigenvalue weighted by Gasteiger charge is 2.28. The minimum Gasteiger partial charge on any atom is -0.394 e. The minimum atomic E-state index is -0.635. The van der Waals surface area contributed by atoms with Gasteiger partial charge in [0.1, 0.15) is 5.69 Å². The first-order valence-corrected chi connectivity index (χ1v) is 6.06. The third-order valence-electron chi connectivity index (χ3n) is 3.27. The number of hydrogen-bond donors (Lipinski definition) is 1. The minimum absolute atomic E-state index is 0.115. The monoisotopic (exact) mass is 259 g/mol. The van der Waals surface area contributed by atoms with E-state index in [1.165, 1.54) is 11.1 Å². The summed E-state index contributed by atoms with van der Waals surface area (Å²) in [4.78, 5) is 22.3. The molecule has 5 heteroatoms. The highest BCUT2D eigenvalue weighted by molar-refractivity contribution is 5.94. The van der Waals surface area contributed by atoms with Gasteiger partial charge in [-0.3, -0.25) is 9.78 Å². The van der Waals surface area contributed by atoms with Crippen LogP contribution in [0.15, 0.2) is 30.5 Å². The molecule has 0 radical (unpaired) electrons. The van der Waals surface area contributed by atoms with E-state index >= 15 is 0 Å². The number of aromatic nitrogens is 2. The van der Waals surface area contributed by atoms with Gasteiger partial charge in [0.25, 0.3) is 5.91 Å². The fourth-order valence-corrected chi connectivity index (χ4v) is 1.61. The second-order valence-corrected chi connectivity index (χ2v) is 5.08. The SMILES string of the molecule is CN(C(=O)c1cnc2ccccc2n1)C(C)(C)CO. The van der Waals surface area contributed by atoms with Crippen molar-refractivity contribution in [2.75, 3.05) is 13.7 Å². The zero-order valence-electron chi connectivity index (χ0n) is 11.3. The Kier molecular flexibility index (Phi) is 3.48. The van der Waals surface area contributed by atoms with Gasteiger partial charge in [-0.15, -0.1) is 0 Å². The van der Waals surface area contributed by atoms with Gasteiger partial charge in [0.2, 0.25) is 0 Å². The summed E-state index contributed by atoms with van der Waals surface area (Å²) < 4.78 is 0. The number of para-hydroxylation sites is 2. The molecule has 0 spiro atoms. The summed E-state index contributed by atoms with van der Waals surface area (Å²) in [6, 6.07) is 7.39. The van der Waals surface area contributed by atoms with E-state index in [2.05, 4.69) is 9.97 Å². The molecule has 1 heterocycles. The maximum atomic E-state index is 12.3. The van der Waals surface area contributed by atoms with Crippen LogP contribution in [0, 0.1) is 0 Å². The van der Waals surface area contributed by atoms with Crippen molar-refractivity contribution in [3.05, 3.63) is 36.2 Å². The smallest absolute Gasteiger partial charge is 0.274 e. The third-order valence-corrected chi connectivity index (χ3v) is 3.27. The summed E-state index contributed by atoms with van der Waals surface area (Å²) in [6.07, 6.45) is 1.47. The summed E-state index contributed by atoms with van der Waals surface area (Å²) in [5.74, 6) is -0.252. The highest BCUT2D eigenvalue weighted by Crippen LogP contribution is 2.15. The van der Waals surface area contributed by atoms with Crippen LogP contribution in [0.3, 0.4) is 0 Å². The van der Waals surface area contributed by atoms with E-state index in [4.69, 9.17) is 0 Å². The molecule has 100 valence electrons. The average molecular weight is 259 g/mol. The molecule has 2 aromatic rings. The second-order valence-electron chi connectivity index (χ2n) is 5.08. The van der Waals surface area contributed by atoms with Crippen LogP contribution in [0.4, 0.5) is 0 Å². The Morgan fingerprint density at radius 3 is 2.58 bits per heavy atom. The molecule has 5 nitrogen and oxygen atoms in total. The molecule has 1 amide bonds. The molecule has 0 aliphatic rings. The molecule has 0 aliphatic heterocycles. The van der Waals surface area contributed by atoms with Gasteiger partial charge < -0.3 is 10.0 Å². The quantitative estimate of drug-likeness (QED) is 0.906. The van der Waals surface area contributed by atoms with Crippen LogP contribution in [0.2, 0.25) is 0 Å². The molecule has 1 aromatic carbocycles. The first-order chi connectivity index (χ1) is 8.95. The van der Waals surface area contributed by atoms with Gasteiger partial charge in [0.15, 0.2) is 0 Å². The number of likely N-dealkylation sites (N-methyl/N-ethyl adjacent to an activating group) is 1. The average Bonchev–Trinajstić information content (AvgIpc) is 2.45. The molecule has 0 fully saturated rings. The van der Waals surface area contributed by atoms with Crippen molar-refractivity contribution in [2.45, 2.75) is 19.4 Å². The first kappa shape index (κ1) is 13.4. The lowest BCUT2D eigenvalue weighted by Gasteiger charge is -2.33. The van der Waals surface area contributed by atoms with E-state index in [9.17, 15) is 9.90 Å². The van der Waals surface area contributed by atoms with Gasteiger partial charge >= 0.3 is 0 Å².